The number of H-pyrrole nitrogens is 1. The number of aromatic amines is 1. The van der Waals surface area contributed by atoms with Crippen LogP contribution < -0.4 is 15.4 Å². The Morgan fingerprint density at radius 2 is 1.96 bits per heavy atom. The van der Waals surface area contributed by atoms with Crippen LogP contribution in [0.1, 0.15) is 6.92 Å². The fourth-order valence-electron chi connectivity index (χ4n) is 2.45. The highest BCUT2D eigenvalue weighted by Gasteiger charge is 2.11. The summed E-state index contributed by atoms with van der Waals surface area (Å²) in [5.74, 6) is 0.974. The summed E-state index contributed by atoms with van der Waals surface area (Å²) in [6.45, 7) is 1.45. The van der Waals surface area contributed by atoms with Crippen LogP contribution in [-0.2, 0) is 9.59 Å². The molecule has 28 heavy (non-hydrogen) atoms. The topological polar surface area (TPSA) is 109 Å². The molecule has 0 atom stereocenters. The summed E-state index contributed by atoms with van der Waals surface area (Å²) >= 11 is 1.22. The zero-order valence-corrected chi connectivity index (χ0v) is 16.2. The van der Waals surface area contributed by atoms with Gasteiger partial charge in [-0.15, -0.1) is 5.10 Å². The van der Waals surface area contributed by atoms with Crippen LogP contribution in [0.3, 0.4) is 0 Å². The van der Waals surface area contributed by atoms with Crippen molar-refractivity contribution in [2.45, 2.75) is 12.1 Å². The molecule has 2 amide bonds. The third kappa shape index (κ3) is 5.10. The summed E-state index contributed by atoms with van der Waals surface area (Å²) in [6.07, 6.45) is 0. The fraction of sp³-hybridized carbons (Fsp3) is 0.158. The molecule has 1 aromatic heterocycles. The van der Waals surface area contributed by atoms with Gasteiger partial charge in [0.05, 0.1) is 18.6 Å². The van der Waals surface area contributed by atoms with Gasteiger partial charge in [0.1, 0.15) is 5.75 Å². The van der Waals surface area contributed by atoms with E-state index in [-0.39, 0.29) is 17.6 Å². The van der Waals surface area contributed by atoms with Crippen molar-refractivity contribution in [3.8, 4) is 17.1 Å². The largest absolute Gasteiger partial charge is 0.495 e. The summed E-state index contributed by atoms with van der Waals surface area (Å²) in [5, 5.41) is 13.0. The first kappa shape index (κ1) is 19.4. The first-order valence-corrected chi connectivity index (χ1v) is 9.40. The van der Waals surface area contributed by atoms with E-state index >= 15 is 0 Å². The van der Waals surface area contributed by atoms with Gasteiger partial charge in [-0.05, 0) is 24.3 Å². The number of hydrogen-bond acceptors (Lipinski definition) is 6. The van der Waals surface area contributed by atoms with E-state index in [0.717, 1.165) is 5.56 Å². The molecular weight excluding hydrogens is 378 g/mol. The van der Waals surface area contributed by atoms with Gasteiger partial charge in [-0.2, -0.15) is 0 Å². The lowest BCUT2D eigenvalue weighted by Gasteiger charge is -2.08. The summed E-state index contributed by atoms with van der Waals surface area (Å²) < 4.78 is 5.22. The number of para-hydroxylation sites is 2. The predicted octanol–water partition coefficient (Wildman–Crippen LogP) is 3.17. The van der Waals surface area contributed by atoms with Crippen LogP contribution in [0.5, 0.6) is 5.75 Å². The summed E-state index contributed by atoms with van der Waals surface area (Å²) in [5.41, 5.74) is 2.07. The monoisotopic (exact) mass is 397 g/mol. The molecule has 3 N–H and O–H groups in total. The van der Waals surface area contributed by atoms with E-state index in [1.54, 1.807) is 31.4 Å². The van der Waals surface area contributed by atoms with Gasteiger partial charge in [-0.1, -0.05) is 36.0 Å². The molecule has 144 valence electrons. The Hall–Kier alpha value is -3.33. The van der Waals surface area contributed by atoms with E-state index in [0.29, 0.717) is 28.1 Å². The average molecular weight is 397 g/mol. The minimum Gasteiger partial charge on any atom is -0.495 e. The van der Waals surface area contributed by atoms with Crippen LogP contribution in [-0.4, -0.2) is 39.9 Å². The standard InChI is InChI=1S/C19H19N5O3S/c1-12(25)20-14-7-5-6-13(10-14)18-22-19(24-23-18)28-11-17(26)21-15-8-3-4-9-16(15)27-2/h3-10H,11H2,1-2H3,(H,20,25)(H,21,26)(H,22,23,24). The Morgan fingerprint density at radius 3 is 2.75 bits per heavy atom. The third-order valence-corrected chi connectivity index (χ3v) is 4.48. The highest BCUT2D eigenvalue weighted by molar-refractivity contribution is 7.99. The van der Waals surface area contributed by atoms with Crippen LogP contribution in [0.15, 0.2) is 53.7 Å². The molecular formula is C19H19N5O3S. The Bertz CT molecular complexity index is 989. The molecule has 0 unspecified atom stereocenters. The normalized spacial score (nSPS) is 10.4. The van der Waals surface area contributed by atoms with Gasteiger partial charge in [0.25, 0.3) is 0 Å². The predicted molar refractivity (Wildman–Crippen MR) is 108 cm³/mol. The summed E-state index contributed by atoms with van der Waals surface area (Å²) in [7, 11) is 1.55. The van der Waals surface area contributed by atoms with E-state index in [1.165, 1.54) is 18.7 Å². The molecule has 3 rings (SSSR count). The van der Waals surface area contributed by atoms with Crippen molar-refractivity contribution in [2.24, 2.45) is 0 Å². The van der Waals surface area contributed by atoms with E-state index < -0.39 is 0 Å². The second-order valence-electron chi connectivity index (χ2n) is 5.77. The SMILES string of the molecule is COc1ccccc1NC(=O)CSc1n[nH]c(-c2cccc(NC(C)=O)c2)n1. The van der Waals surface area contributed by atoms with Crippen molar-refractivity contribution >= 4 is 35.0 Å². The Morgan fingerprint density at radius 1 is 1.14 bits per heavy atom. The Balaban J connectivity index is 1.60. The van der Waals surface area contributed by atoms with Crippen molar-refractivity contribution in [3.05, 3.63) is 48.5 Å². The van der Waals surface area contributed by atoms with Crippen molar-refractivity contribution in [1.29, 1.82) is 0 Å². The number of anilines is 2. The smallest absolute Gasteiger partial charge is 0.234 e. The first-order chi connectivity index (χ1) is 13.5. The molecule has 8 nitrogen and oxygen atoms in total. The van der Waals surface area contributed by atoms with E-state index in [9.17, 15) is 9.59 Å². The van der Waals surface area contributed by atoms with Crippen molar-refractivity contribution in [3.63, 3.8) is 0 Å². The number of ether oxygens (including phenoxy) is 1. The molecule has 0 spiro atoms. The van der Waals surface area contributed by atoms with Crippen molar-refractivity contribution in [2.75, 3.05) is 23.5 Å². The van der Waals surface area contributed by atoms with E-state index in [2.05, 4.69) is 25.8 Å². The molecule has 0 fully saturated rings. The quantitative estimate of drug-likeness (QED) is 0.529. The molecule has 3 aromatic rings. The second-order valence-corrected chi connectivity index (χ2v) is 6.71. The number of nitrogens with one attached hydrogen (secondary N) is 3. The van der Waals surface area contributed by atoms with Crippen LogP contribution in [0.4, 0.5) is 11.4 Å². The lowest BCUT2D eigenvalue weighted by molar-refractivity contribution is -0.114. The maximum atomic E-state index is 12.2. The van der Waals surface area contributed by atoms with Gasteiger partial charge >= 0.3 is 0 Å². The highest BCUT2D eigenvalue weighted by Crippen LogP contribution is 2.24. The maximum absolute atomic E-state index is 12.2. The zero-order chi connectivity index (χ0) is 19.9. The summed E-state index contributed by atoms with van der Waals surface area (Å²) in [6, 6.07) is 14.5. The number of hydrogen-bond donors (Lipinski definition) is 3. The first-order valence-electron chi connectivity index (χ1n) is 8.41. The van der Waals surface area contributed by atoms with Gasteiger partial charge < -0.3 is 15.4 Å². The fourth-order valence-corrected chi connectivity index (χ4v) is 3.05. The number of amides is 2. The van der Waals surface area contributed by atoms with Crippen LogP contribution in [0.2, 0.25) is 0 Å². The minimum absolute atomic E-state index is 0.146. The summed E-state index contributed by atoms with van der Waals surface area (Å²) in [4.78, 5) is 27.8. The molecule has 0 saturated carbocycles. The average Bonchev–Trinajstić information content (AvgIpc) is 3.16. The third-order valence-electron chi connectivity index (χ3n) is 3.63. The zero-order valence-electron chi connectivity index (χ0n) is 15.4. The number of nitrogens with zero attached hydrogens (tertiary/aromatic N) is 2. The van der Waals surface area contributed by atoms with Crippen molar-refractivity contribution in [1.82, 2.24) is 15.2 Å². The Kier molecular flexibility index (Phi) is 6.28. The molecule has 0 saturated heterocycles. The molecule has 0 bridgehead atoms. The van der Waals surface area contributed by atoms with Crippen molar-refractivity contribution < 1.29 is 14.3 Å². The molecule has 0 aliphatic rings. The molecule has 0 aliphatic carbocycles. The van der Waals surface area contributed by atoms with Crippen LogP contribution >= 0.6 is 11.8 Å². The number of benzene rings is 2. The number of carbonyl (C=O) groups excluding carboxylic acids is 2. The molecule has 9 heteroatoms. The molecule has 1 heterocycles. The lowest BCUT2D eigenvalue weighted by Crippen LogP contribution is -2.14. The van der Waals surface area contributed by atoms with Gasteiger partial charge in [0.15, 0.2) is 5.82 Å². The van der Waals surface area contributed by atoms with Crippen LogP contribution in [0.25, 0.3) is 11.4 Å². The molecule has 2 aromatic carbocycles. The number of aromatic nitrogens is 3. The maximum Gasteiger partial charge on any atom is 0.234 e. The van der Waals surface area contributed by atoms with Gasteiger partial charge in [-0.3, -0.25) is 14.7 Å². The number of methoxy groups -OCH3 is 1. The molecule has 0 radical (unpaired) electrons. The second kappa shape index (κ2) is 9.05. The number of rotatable bonds is 7. The minimum atomic E-state index is -0.187. The van der Waals surface area contributed by atoms with Crippen LogP contribution in [0, 0.1) is 0 Å². The number of thioether (sulfide) groups is 1. The van der Waals surface area contributed by atoms with Gasteiger partial charge in [0, 0.05) is 18.2 Å². The Labute approximate surface area is 166 Å². The number of carbonyl (C=O) groups is 2. The lowest BCUT2D eigenvalue weighted by atomic mass is 10.2. The highest BCUT2D eigenvalue weighted by atomic mass is 32.2. The molecule has 0 aliphatic heterocycles. The van der Waals surface area contributed by atoms with E-state index in [1.807, 2.05) is 24.3 Å². The van der Waals surface area contributed by atoms with Gasteiger partial charge in [0.2, 0.25) is 17.0 Å². The van der Waals surface area contributed by atoms with E-state index in [4.69, 9.17) is 4.74 Å². The van der Waals surface area contributed by atoms with Gasteiger partial charge in [-0.25, -0.2) is 4.98 Å².